The summed E-state index contributed by atoms with van der Waals surface area (Å²) in [6.45, 7) is -4.17. The van der Waals surface area contributed by atoms with Crippen molar-refractivity contribution < 1.29 is 42.6 Å². The van der Waals surface area contributed by atoms with E-state index in [-0.39, 0.29) is 29.6 Å². The summed E-state index contributed by atoms with van der Waals surface area (Å²) in [6.07, 6.45) is 0. The van der Waals surface area contributed by atoms with Gasteiger partial charge in [-0.15, -0.1) is 5.46 Å². The summed E-state index contributed by atoms with van der Waals surface area (Å²) in [6, 6.07) is 3.64. The van der Waals surface area contributed by atoms with Crippen molar-refractivity contribution in [2.75, 3.05) is 0 Å². The average molecular weight is 193 g/mol. The van der Waals surface area contributed by atoms with Crippen molar-refractivity contribution in [2.24, 2.45) is 0 Å². The third-order valence-corrected chi connectivity index (χ3v) is 1.45. The van der Waals surface area contributed by atoms with Crippen LogP contribution < -0.4 is 35.0 Å². The Bertz CT molecular complexity index is 320. The molecule has 0 atom stereocenters. The molecule has 0 bridgehead atoms. The minimum absolute atomic E-state index is 0. The van der Waals surface area contributed by atoms with Gasteiger partial charge in [0.25, 0.3) is 0 Å². The van der Waals surface area contributed by atoms with Crippen molar-refractivity contribution in [3.8, 4) is 5.97 Å². The number of rotatable bonds is 1. The molecule has 0 heterocycles. The molecular formula is C7H4BF3NNa. The van der Waals surface area contributed by atoms with Gasteiger partial charge in [0.15, 0.2) is 0 Å². The first-order valence-corrected chi connectivity index (χ1v) is 3.25. The van der Waals surface area contributed by atoms with Crippen LogP contribution in [-0.2, 0) is 0 Å². The van der Waals surface area contributed by atoms with E-state index in [4.69, 9.17) is 5.26 Å². The normalized spacial score (nSPS) is 10.0. The van der Waals surface area contributed by atoms with E-state index in [9.17, 15) is 13.0 Å². The minimum atomic E-state index is -4.17. The summed E-state index contributed by atoms with van der Waals surface area (Å²) in [5.41, 5.74) is -0.432. The molecule has 0 spiro atoms. The molecule has 0 aliphatic rings. The van der Waals surface area contributed by atoms with Crippen LogP contribution in [0.25, 0.3) is 0 Å². The Kier molecular flexibility index (Phi) is 4.55. The first-order chi connectivity index (χ1) is 5.56. The van der Waals surface area contributed by atoms with Gasteiger partial charge in [-0.2, -0.15) is 0 Å². The van der Waals surface area contributed by atoms with Gasteiger partial charge in [-0.1, -0.05) is 18.1 Å². The van der Waals surface area contributed by atoms with E-state index >= 15 is 0 Å². The second-order valence-electron chi connectivity index (χ2n) is 2.34. The number of hydrogen-bond donors (Lipinski definition) is 0. The van der Waals surface area contributed by atoms with Crippen molar-refractivity contribution in [3.63, 3.8) is 0 Å². The molecule has 13 heavy (non-hydrogen) atoms. The molecule has 1 aromatic rings. The molecule has 0 fully saturated rings. The van der Waals surface area contributed by atoms with E-state index in [2.05, 4.69) is 0 Å². The topological polar surface area (TPSA) is 23.8 Å². The average Bonchev–Trinajstić information content (AvgIpc) is 2.05. The van der Waals surface area contributed by atoms with Gasteiger partial charge >= 0.3 is 36.3 Å². The van der Waals surface area contributed by atoms with E-state index < -0.39 is 18.0 Å². The predicted molar refractivity (Wildman–Crippen MR) is 39.6 cm³/mol. The van der Waals surface area contributed by atoms with Crippen LogP contribution in [0.4, 0.5) is 13.0 Å². The maximum atomic E-state index is 12.6. The smallest absolute Gasteiger partial charge is 0.461 e. The van der Waals surface area contributed by atoms with Crippen LogP contribution >= 0.6 is 0 Å². The van der Waals surface area contributed by atoms with E-state index in [1.54, 1.807) is 0 Å². The van der Waals surface area contributed by atoms with Gasteiger partial charge in [0.2, 0.25) is 0 Å². The molecule has 0 aliphatic heterocycles. The van der Waals surface area contributed by atoms with Gasteiger partial charge in [0.05, 0.1) is 0 Å². The molecule has 62 valence electrons. The van der Waals surface area contributed by atoms with Gasteiger partial charge in [0, 0.05) is 0 Å². The molecule has 0 saturated heterocycles. The summed E-state index contributed by atoms with van der Waals surface area (Å²) in [4.78, 5) is 0. The van der Waals surface area contributed by atoms with Gasteiger partial charge in [-0.25, -0.2) is 9.65 Å². The van der Waals surface area contributed by atoms with E-state index in [0.717, 1.165) is 30.2 Å². The summed E-state index contributed by atoms with van der Waals surface area (Å²) >= 11 is 0. The fraction of sp³-hybridized carbons (Fsp3) is 0. The second-order valence-corrected chi connectivity index (χ2v) is 2.34. The Morgan fingerprint density at radius 1 is 1.15 bits per heavy atom. The monoisotopic (exact) mass is 193 g/mol. The van der Waals surface area contributed by atoms with Crippen LogP contribution in [-0.4, -0.2) is 6.70 Å². The van der Waals surface area contributed by atoms with Crippen LogP contribution in [0.2, 0.25) is 0 Å². The number of nitrogens with zero attached hydrogens (tertiary/aromatic N) is 1. The second kappa shape index (κ2) is 4.70. The Balaban J connectivity index is 0.00000144. The molecule has 1 nitrogen and oxygen atoms in total. The van der Waals surface area contributed by atoms with Crippen LogP contribution in [0.5, 0.6) is 0 Å². The van der Waals surface area contributed by atoms with Crippen molar-refractivity contribution >= 4 is 12.2 Å². The standard InChI is InChI=1S/C7H4BF3N.Na/c9-7-3-1-6(2-4-7)8(10,11)5-12;/h1-4H;/q-1;+1. The summed E-state index contributed by atoms with van der Waals surface area (Å²) in [5.74, 6) is 0.290. The van der Waals surface area contributed by atoms with Crippen molar-refractivity contribution in [3.05, 3.63) is 30.1 Å². The fourth-order valence-corrected chi connectivity index (χ4v) is 0.779. The van der Waals surface area contributed by atoms with Crippen LogP contribution in [0.3, 0.4) is 0 Å². The summed E-state index contributed by atoms with van der Waals surface area (Å²) < 4.78 is 37.4. The number of benzene rings is 1. The molecular weight excluding hydrogens is 189 g/mol. The molecule has 1 rings (SSSR count). The van der Waals surface area contributed by atoms with Gasteiger partial charge in [-0.05, 0) is 12.1 Å². The number of halogens is 3. The summed E-state index contributed by atoms with van der Waals surface area (Å²) in [5, 5.41) is 8.05. The molecule has 0 radical (unpaired) electrons. The molecule has 0 aromatic heterocycles. The van der Waals surface area contributed by atoms with Gasteiger partial charge < -0.3 is 8.63 Å². The molecule has 0 N–H and O–H groups in total. The van der Waals surface area contributed by atoms with Crippen LogP contribution in [0.15, 0.2) is 24.3 Å². The zero-order valence-corrected chi connectivity index (χ0v) is 8.97. The van der Waals surface area contributed by atoms with Gasteiger partial charge in [0.1, 0.15) is 5.82 Å². The quantitative estimate of drug-likeness (QED) is 0.497. The van der Waals surface area contributed by atoms with Crippen molar-refractivity contribution in [1.82, 2.24) is 0 Å². The largest absolute Gasteiger partial charge is 1.00 e. The molecule has 0 unspecified atom stereocenters. The Labute approximate surface area is 95.9 Å². The fourth-order valence-electron chi connectivity index (χ4n) is 0.779. The van der Waals surface area contributed by atoms with Crippen LogP contribution in [0.1, 0.15) is 0 Å². The molecule has 0 amide bonds. The number of nitriles is 1. The summed E-state index contributed by atoms with van der Waals surface area (Å²) in [7, 11) is 0. The van der Waals surface area contributed by atoms with E-state index in [1.165, 1.54) is 0 Å². The Hall–Kier alpha value is -0.435. The first kappa shape index (κ1) is 12.6. The molecule has 1 aromatic carbocycles. The third kappa shape index (κ3) is 3.07. The Morgan fingerprint density at radius 3 is 2.00 bits per heavy atom. The number of hydrogen-bond acceptors (Lipinski definition) is 1. The van der Waals surface area contributed by atoms with Crippen LogP contribution in [0, 0.1) is 17.0 Å². The Morgan fingerprint density at radius 2 is 1.62 bits per heavy atom. The van der Waals surface area contributed by atoms with Gasteiger partial charge in [-0.3, -0.25) is 0 Å². The minimum Gasteiger partial charge on any atom is -0.461 e. The van der Waals surface area contributed by atoms with Crippen molar-refractivity contribution in [1.29, 1.82) is 5.26 Å². The molecule has 0 aliphatic carbocycles. The third-order valence-electron chi connectivity index (χ3n) is 1.45. The first-order valence-electron chi connectivity index (χ1n) is 3.25. The SMILES string of the molecule is N#C[B-](F)(F)c1ccc(F)cc1.[Na+]. The zero-order chi connectivity index (χ0) is 9.19. The predicted octanol–water partition coefficient (Wildman–Crippen LogP) is -1.52. The maximum absolute atomic E-state index is 12.6. The zero-order valence-electron chi connectivity index (χ0n) is 6.97. The van der Waals surface area contributed by atoms with Crippen molar-refractivity contribution in [2.45, 2.75) is 0 Å². The molecule has 0 saturated carbocycles. The molecule has 6 heteroatoms. The maximum Gasteiger partial charge on any atom is 1.00 e. The van der Waals surface area contributed by atoms with E-state index in [0.29, 0.717) is 0 Å². The van der Waals surface area contributed by atoms with E-state index in [1.807, 2.05) is 0 Å².